The van der Waals surface area contributed by atoms with Gasteiger partial charge in [0.05, 0.1) is 12.0 Å². The maximum absolute atomic E-state index is 13.7. The van der Waals surface area contributed by atoms with Crippen LogP contribution >= 0.6 is 24.2 Å². The van der Waals surface area contributed by atoms with Gasteiger partial charge in [0.1, 0.15) is 5.82 Å². The lowest BCUT2D eigenvalue weighted by Gasteiger charge is -2.27. The van der Waals surface area contributed by atoms with E-state index < -0.39 is 0 Å². The Labute approximate surface area is 128 Å². The van der Waals surface area contributed by atoms with Gasteiger partial charge in [0.15, 0.2) is 0 Å². The average molecular weight is 317 g/mol. The van der Waals surface area contributed by atoms with Gasteiger partial charge >= 0.3 is 0 Å². The summed E-state index contributed by atoms with van der Waals surface area (Å²) in [7, 11) is 0. The van der Waals surface area contributed by atoms with Crippen molar-refractivity contribution in [3.8, 4) is 0 Å². The van der Waals surface area contributed by atoms with Gasteiger partial charge in [0.2, 0.25) is 5.91 Å². The molecule has 2 N–H and O–H groups in total. The number of nitrogens with one attached hydrogen (secondary N) is 2. The van der Waals surface area contributed by atoms with Crippen LogP contribution in [0.4, 0.5) is 4.39 Å². The number of amides is 1. The Kier molecular flexibility index (Phi) is 5.29. The van der Waals surface area contributed by atoms with Crippen molar-refractivity contribution in [1.29, 1.82) is 0 Å². The van der Waals surface area contributed by atoms with E-state index in [0.29, 0.717) is 4.90 Å². The van der Waals surface area contributed by atoms with Gasteiger partial charge in [-0.05, 0) is 31.0 Å². The lowest BCUT2D eigenvalue weighted by Crippen LogP contribution is -2.36. The van der Waals surface area contributed by atoms with Crippen LogP contribution in [-0.2, 0) is 4.79 Å². The van der Waals surface area contributed by atoms with Gasteiger partial charge < -0.3 is 10.6 Å². The van der Waals surface area contributed by atoms with Gasteiger partial charge in [-0.15, -0.1) is 24.2 Å². The molecule has 0 radical (unpaired) electrons. The van der Waals surface area contributed by atoms with Gasteiger partial charge in [-0.2, -0.15) is 0 Å². The summed E-state index contributed by atoms with van der Waals surface area (Å²) in [6.07, 6.45) is 1.76. The molecule has 1 amide bonds. The van der Waals surface area contributed by atoms with Gasteiger partial charge in [-0.3, -0.25) is 4.79 Å². The predicted molar refractivity (Wildman–Crippen MR) is 80.8 cm³/mol. The molecule has 2 aliphatic heterocycles. The van der Waals surface area contributed by atoms with Crippen LogP contribution in [0.25, 0.3) is 0 Å². The van der Waals surface area contributed by atoms with Gasteiger partial charge in [-0.1, -0.05) is 12.1 Å². The molecule has 1 aromatic carbocycles. The molecule has 2 unspecified atom stereocenters. The first-order valence-electron chi connectivity index (χ1n) is 6.68. The van der Waals surface area contributed by atoms with E-state index in [1.165, 1.54) is 17.8 Å². The quantitative estimate of drug-likeness (QED) is 0.881. The molecule has 0 spiro atoms. The highest BCUT2D eigenvalue weighted by Gasteiger charge is 2.28. The Bertz CT molecular complexity index is 494. The molecule has 2 aliphatic rings. The summed E-state index contributed by atoms with van der Waals surface area (Å²) in [5, 5.41) is 6.28. The summed E-state index contributed by atoms with van der Waals surface area (Å²) in [5.74, 6) is 0.828. The first-order valence-corrected chi connectivity index (χ1v) is 7.66. The van der Waals surface area contributed by atoms with E-state index >= 15 is 0 Å². The minimum absolute atomic E-state index is 0. The predicted octanol–water partition coefficient (Wildman–Crippen LogP) is 2.51. The van der Waals surface area contributed by atoms with Crippen molar-refractivity contribution in [2.75, 3.05) is 18.8 Å². The highest BCUT2D eigenvalue weighted by atomic mass is 35.5. The standard InChI is InChI=1S/C14H17FN2OS.ClH/c15-11-3-1-2-10-12(5-7-19-13(10)11)17-14(18)9-4-6-16-8-9;/h1-3,9,12,16H,4-8H2,(H,17,18);1H. The van der Waals surface area contributed by atoms with Crippen LogP contribution in [0.1, 0.15) is 24.4 Å². The lowest BCUT2D eigenvalue weighted by molar-refractivity contribution is -0.125. The molecule has 2 atom stereocenters. The zero-order valence-corrected chi connectivity index (χ0v) is 12.7. The second-order valence-corrected chi connectivity index (χ2v) is 6.15. The number of benzene rings is 1. The SMILES string of the molecule is Cl.O=C(NC1CCSc2c(F)cccc21)C1CCNC1. The maximum atomic E-state index is 13.7. The van der Waals surface area contributed by atoms with Crippen LogP contribution in [0, 0.1) is 11.7 Å². The van der Waals surface area contributed by atoms with Crippen LogP contribution in [0.5, 0.6) is 0 Å². The van der Waals surface area contributed by atoms with Gasteiger partial charge in [0.25, 0.3) is 0 Å². The van der Waals surface area contributed by atoms with Crippen molar-refractivity contribution in [2.24, 2.45) is 5.92 Å². The molecule has 2 heterocycles. The Morgan fingerprint density at radius 2 is 2.25 bits per heavy atom. The fourth-order valence-electron chi connectivity index (χ4n) is 2.70. The van der Waals surface area contributed by atoms with Crippen LogP contribution in [0.15, 0.2) is 23.1 Å². The minimum Gasteiger partial charge on any atom is -0.349 e. The third kappa shape index (κ3) is 3.10. The summed E-state index contributed by atoms with van der Waals surface area (Å²) < 4.78 is 13.7. The molecule has 1 saturated heterocycles. The third-order valence-corrected chi connectivity index (χ3v) is 4.93. The number of carbonyl (C=O) groups excluding carboxylic acids is 1. The molecule has 3 nitrogen and oxygen atoms in total. The molecule has 1 aromatic rings. The van der Waals surface area contributed by atoms with E-state index in [4.69, 9.17) is 0 Å². The van der Waals surface area contributed by atoms with E-state index in [1.54, 1.807) is 6.07 Å². The van der Waals surface area contributed by atoms with E-state index in [9.17, 15) is 9.18 Å². The average Bonchev–Trinajstić information content (AvgIpc) is 2.94. The molecular weight excluding hydrogens is 299 g/mol. The Hall–Kier alpha value is -0.780. The first kappa shape index (κ1) is 15.6. The number of hydrogen-bond acceptors (Lipinski definition) is 3. The molecule has 0 aromatic heterocycles. The van der Waals surface area contributed by atoms with E-state index in [1.807, 2.05) is 6.07 Å². The summed E-state index contributed by atoms with van der Waals surface area (Å²) in [6, 6.07) is 5.08. The lowest BCUT2D eigenvalue weighted by atomic mass is 10.0. The normalized spacial score (nSPS) is 24.6. The molecule has 3 rings (SSSR count). The van der Waals surface area contributed by atoms with Gasteiger partial charge in [-0.25, -0.2) is 4.39 Å². The largest absolute Gasteiger partial charge is 0.349 e. The van der Waals surface area contributed by atoms with Crippen molar-refractivity contribution in [3.63, 3.8) is 0 Å². The highest BCUT2D eigenvalue weighted by Crippen LogP contribution is 2.37. The smallest absolute Gasteiger partial charge is 0.224 e. The molecule has 0 aliphatic carbocycles. The fraction of sp³-hybridized carbons (Fsp3) is 0.500. The number of hydrogen-bond donors (Lipinski definition) is 2. The molecule has 110 valence electrons. The summed E-state index contributed by atoms with van der Waals surface area (Å²) >= 11 is 1.54. The molecule has 0 saturated carbocycles. The summed E-state index contributed by atoms with van der Waals surface area (Å²) in [5.41, 5.74) is 0.926. The molecule has 0 bridgehead atoms. The van der Waals surface area contributed by atoms with Crippen molar-refractivity contribution in [1.82, 2.24) is 10.6 Å². The zero-order valence-electron chi connectivity index (χ0n) is 11.0. The van der Waals surface area contributed by atoms with Crippen LogP contribution in [0.3, 0.4) is 0 Å². The Morgan fingerprint density at radius 3 is 3.00 bits per heavy atom. The molecule has 6 heteroatoms. The number of thioether (sulfide) groups is 1. The maximum Gasteiger partial charge on any atom is 0.224 e. The number of halogens is 2. The third-order valence-electron chi connectivity index (χ3n) is 3.77. The van der Waals surface area contributed by atoms with E-state index in [-0.39, 0.29) is 36.1 Å². The monoisotopic (exact) mass is 316 g/mol. The molecular formula is C14H18ClFN2OS. The minimum atomic E-state index is -0.177. The van der Waals surface area contributed by atoms with Crippen molar-refractivity contribution < 1.29 is 9.18 Å². The number of carbonyl (C=O) groups is 1. The highest BCUT2D eigenvalue weighted by molar-refractivity contribution is 7.99. The number of fused-ring (bicyclic) bond motifs is 1. The second-order valence-electron chi connectivity index (χ2n) is 5.05. The van der Waals surface area contributed by atoms with Crippen LogP contribution in [-0.4, -0.2) is 24.7 Å². The van der Waals surface area contributed by atoms with Crippen molar-refractivity contribution in [2.45, 2.75) is 23.8 Å². The van der Waals surface area contributed by atoms with Crippen LogP contribution < -0.4 is 10.6 Å². The van der Waals surface area contributed by atoms with E-state index in [0.717, 1.165) is 37.2 Å². The Morgan fingerprint density at radius 1 is 1.40 bits per heavy atom. The zero-order chi connectivity index (χ0) is 13.2. The summed E-state index contributed by atoms with van der Waals surface area (Å²) in [4.78, 5) is 12.9. The van der Waals surface area contributed by atoms with Gasteiger partial charge in [0, 0.05) is 17.2 Å². The topological polar surface area (TPSA) is 41.1 Å². The van der Waals surface area contributed by atoms with Crippen LogP contribution in [0.2, 0.25) is 0 Å². The number of rotatable bonds is 2. The first-order chi connectivity index (χ1) is 9.25. The summed E-state index contributed by atoms with van der Waals surface area (Å²) in [6.45, 7) is 1.66. The molecule has 20 heavy (non-hydrogen) atoms. The van der Waals surface area contributed by atoms with E-state index in [2.05, 4.69) is 10.6 Å². The second kappa shape index (κ2) is 6.78. The molecule has 1 fully saturated rings. The van der Waals surface area contributed by atoms with Crippen molar-refractivity contribution in [3.05, 3.63) is 29.6 Å². The Balaban J connectivity index is 0.00000147. The fourth-order valence-corrected chi connectivity index (χ4v) is 3.85. The van der Waals surface area contributed by atoms with Crippen molar-refractivity contribution >= 4 is 30.1 Å².